The van der Waals surface area contributed by atoms with Gasteiger partial charge >= 0.3 is 5.97 Å². The molecule has 0 spiro atoms. The van der Waals surface area contributed by atoms with Crippen LogP contribution in [0.25, 0.3) is 22.3 Å². The van der Waals surface area contributed by atoms with E-state index in [2.05, 4.69) is 4.98 Å². The van der Waals surface area contributed by atoms with Gasteiger partial charge in [-0.1, -0.05) is 24.3 Å². The number of carboxylic acids is 1. The first kappa shape index (κ1) is 11.8. The Labute approximate surface area is 119 Å². The van der Waals surface area contributed by atoms with Crippen molar-refractivity contribution in [3.63, 3.8) is 0 Å². The molecule has 0 atom stereocenters. The second kappa shape index (κ2) is 4.02. The van der Waals surface area contributed by atoms with Crippen molar-refractivity contribution in [1.29, 1.82) is 0 Å². The molecule has 0 saturated heterocycles. The Bertz CT molecular complexity index is 973. The fraction of sp³-hybridized carbons (Fsp3) is 0.0625. The van der Waals surface area contributed by atoms with Crippen LogP contribution < -0.4 is 5.56 Å². The summed E-state index contributed by atoms with van der Waals surface area (Å²) in [5.41, 5.74) is 2.46. The smallest absolute Gasteiger partial charge is 0.335 e. The van der Waals surface area contributed by atoms with E-state index in [9.17, 15) is 9.59 Å². The Hall–Kier alpha value is -2.95. The lowest BCUT2D eigenvalue weighted by Gasteiger charge is -2.08. The van der Waals surface area contributed by atoms with E-state index >= 15 is 0 Å². The van der Waals surface area contributed by atoms with Gasteiger partial charge in [-0.3, -0.25) is 4.79 Å². The molecule has 1 aromatic heterocycles. The van der Waals surface area contributed by atoms with Crippen LogP contribution in [0, 0.1) is 0 Å². The lowest BCUT2D eigenvalue weighted by Crippen LogP contribution is -2.14. The van der Waals surface area contributed by atoms with Gasteiger partial charge in [0.15, 0.2) is 0 Å². The van der Waals surface area contributed by atoms with Gasteiger partial charge in [-0.2, -0.15) is 4.98 Å². The number of aromatic nitrogens is 2. The van der Waals surface area contributed by atoms with Crippen molar-refractivity contribution < 1.29 is 9.90 Å². The van der Waals surface area contributed by atoms with E-state index in [1.165, 1.54) is 18.2 Å². The van der Waals surface area contributed by atoms with Crippen molar-refractivity contribution in [3.8, 4) is 11.4 Å². The zero-order valence-corrected chi connectivity index (χ0v) is 10.9. The van der Waals surface area contributed by atoms with Crippen LogP contribution in [0.2, 0.25) is 0 Å². The Morgan fingerprint density at radius 2 is 2.00 bits per heavy atom. The highest BCUT2D eigenvalue weighted by Crippen LogP contribution is 2.31. The zero-order chi connectivity index (χ0) is 14.6. The first-order chi connectivity index (χ1) is 10.1. The SMILES string of the molecule is O=C(O)c1ccc2c(=O)nc3n(c2c1)Cc1ccccc1-3. The number of carbonyl (C=O) groups is 1. The van der Waals surface area contributed by atoms with E-state index in [1.54, 1.807) is 0 Å². The maximum Gasteiger partial charge on any atom is 0.335 e. The van der Waals surface area contributed by atoms with Crippen LogP contribution in [0.5, 0.6) is 0 Å². The van der Waals surface area contributed by atoms with Crippen LogP contribution in [0.4, 0.5) is 0 Å². The normalized spacial score (nSPS) is 12.2. The van der Waals surface area contributed by atoms with Gasteiger partial charge in [-0.25, -0.2) is 4.79 Å². The zero-order valence-electron chi connectivity index (χ0n) is 10.9. The molecule has 0 fully saturated rings. The van der Waals surface area contributed by atoms with Gasteiger partial charge in [0.25, 0.3) is 5.56 Å². The van der Waals surface area contributed by atoms with Crippen LogP contribution in [0.3, 0.4) is 0 Å². The summed E-state index contributed by atoms with van der Waals surface area (Å²) in [4.78, 5) is 27.5. The second-order valence-electron chi connectivity index (χ2n) is 5.02. The predicted octanol–water partition coefficient (Wildman–Crippen LogP) is 2.12. The first-order valence-electron chi connectivity index (χ1n) is 6.51. The molecule has 0 bridgehead atoms. The topological polar surface area (TPSA) is 72.2 Å². The molecular weight excluding hydrogens is 268 g/mol. The number of aromatic carboxylic acids is 1. The van der Waals surface area contributed by atoms with Gasteiger partial charge in [0.2, 0.25) is 0 Å². The highest BCUT2D eigenvalue weighted by Gasteiger charge is 2.22. The summed E-state index contributed by atoms with van der Waals surface area (Å²) < 4.78 is 1.90. The molecule has 4 rings (SSSR count). The van der Waals surface area contributed by atoms with Crippen LogP contribution >= 0.6 is 0 Å². The third kappa shape index (κ3) is 1.61. The van der Waals surface area contributed by atoms with Crippen LogP contribution in [0.15, 0.2) is 47.3 Å². The van der Waals surface area contributed by atoms with Gasteiger partial charge in [-0.05, 0) is 23.8 Å². The van der Waals surface area contributed by atoms with E-state index < -0.39 is 5.97 Å². The fourth-order valence-corrected chi connectivity index (χ4v) is 2.81. The molecule has 2 aromatic carbocycles. The quantitative estimate of drug-likeness (QED) is 0.579. The first-order valence-corrected chi connectivity index (χ1v) is 6.51. The standard InChI is InChI=1S/C16H10N2O3/c19-15-12-6-5-9(16(20)21)7-13(12)18-8-10-3-1-2-4-11(10)14(18)17-15/h1-7H,8H2,(H,20,21). The molecule has 0 amide bonds. The van der Waals surface area contributed by atoms with Crippen LogP contribution in [-0.2, 0) is 6.54 Å². The van der Waals surface area contributed by atoms with Gasteiger partial charge in [0, 0.05) is 5.56 Å². The molecule has 2 heterocycles. The Morgan fingerprint density at radius 1 is 1.19 bits per heavy atom. The monoisotopic (exact) mass is 278 g/mol. The van der Waals surface area contributed by atoms with E-state index in [0.29, 0.717) is 23.3 Å². The number of hydrogen-bond donors (Lipinski definition) is 1. The summed E-state index contributed by atoms with van der Waals surface area (Å²) in [5.74, 6) is -0.406. The minimum atomic E-state index is -1.01. The minimum Gasteiger partial charge on any atom is -0.478 e. The molecule has 5 nitrogen and oxygen atoms in total. The predicted molar refractivity (Wildman–Crippen MR) is 77.5 cm³/mol. The van der Waals surface area contributed by atoms with Crippen molar-refractivity contribution in [3.05, 3.63) is 63.9 Å². The molecule has 21 heavy (non-hydrogen) atoms. The molecule has 1 N–H and O–H groups in total. The molecule has 1 aliphatic rings. The number of nitrogens with zero attached hydrogens (tertiary/aromatic N) is 2. The molecule has 3 aromatic rings. The van der Waals surface area contributed by atoms with E-state index in [1.807, 2.05) is 28.8 Å². The van der Waals surface area contributed by atoms with Crippen molar-refractivity contribution in [2.45, 2.75) is 6.54 Å². The minimum absolute atomic E-state index is 0.166. The Kier molecular flexibility index (Phi) is 2.27. The number of hydrogen-bond acceptors (Lipinski definition) is 3. The molecule has 0 radical (unpaired) electrons. The average molecular weight is 278 g/mol. The molecule has 1 aliphatic heterocycles. The van der Waals surface area contributed by atoms with E-state index in [-0.39, 0.29) is 11.1 Å². The van der Waals surface area contributed by atoms with E-state index in [4.69, 9.17) is 5.11 Å². The summed E-state index contributed by atoms with van der Waals surface area (Å²) >= 11 is 0. The second-order valence-corrected chi connectivity index (χ2v) is 5.02. The average Bonchev–Trinajstić information content (AvgIpc) is 2.86. The maximum absolute atomic E-state index is 12.2. The molecule has 0 saturated carbocycles. The third-order valence-corrected chi connectivity index (χ3v) is 3.82. The number of carboxylic acid groups (broad SMARTS) is 1. The molecular formula is C16H10N2O3. The molecule has 0 aliphatic carbocycles. The fourth-order valence-electron chi connectivity index (χ4n) is 2.81. The van der Waals surface area contributed by atoms with Gasteiger partial charge in [0.05, 0.1) is 23.0 Å². The largest absolute Gasteiger partial charge is 0.478 e. The van der Waals surface area contributed by atoms with E-state index in [0.717, 1.165) is 11.1 Å². The number of benzene rings is 2. The van der Waals surface area contributed by atoms with Gasteiger partial charge < -0.3 is 9.67 Å². The summed E-state index contributed by atoms with van der Waals surface area (Å²) in [7, 11) is 0. The van der Waals surface area contributed by atoms with Crippen LogP contribution in [-0.4, -0.2) is 20.6 Å². The summed E-state index contributed by atoms with van der Waals surface area (Å²) in [6, 6.07) is 12.3. The highest BCUT2D eigenvalue weighted by atomic mass is 16.4. The van der Waals surface area contributed by atoms with Crippen molar-refractivity contribution >= 4 is 16.9 Å². The molecule has 0 unspecified atom stereocenters. The number of rotatable bonds is 1. The molecule has 5 heteroatoms. The highest BCUT2D eigenvalue weighted by molar-refractivity contribution is 5.93. The lowest BCUT2D eigenvalue weighted by atomic mass is 10.1. The summed E-state index contributed by atoms with van der Waals surface area (Å²) in [6.45, 7) is 0.596. The van der Waals surface area contributed by atoms with Crippen molar-refractivity contribution in [2.75, 3.05) is 0 Å². The Balaban J connectivity index is 2.11. The molecule has 102 valence electrons. The summed E-state index contributed by atoms with van der Waals surface area (Å²) in [5, 5.41) is 9.57. The van der Waals surface area contributed by atoms with Crippen molar-refractivity contribution in [1.82, 2.24) is 9.55 Å². The third-order valence-electron chi connectivity index (χ3n) is 3.82. The van der Waals surface area contributed by atoms with Crippen LogP contribution in [0.1, 0.15) is 15.9 Å². The summed E-state index contributed by atoms with van der Waals surface area (Å²) in [6.07, 6.45) is 0. The van der Waals surface area contributed by atoms with Gasteiger partial charge in [0.1, 0.15) is 5.82 Å². The van der Waals surface area contributed by atoms with Gasteiger partial charge in [-0.15, -0.1) is 0 Å². The number of fused-ring (bicyclic) bond motifs is 5. The maximum atomic E-state index is 12.2. The lowest BCUT2D eigenvalue weighted by molar-refractivity contribution is 0.0697. The Morgan fingerprint density at radius 3 is 2.81 bits per heavy atom. The van der Waals surface area contributed by atoms with Crippen molar-refractivity contribution in [2.24, 2.45) is 0 Å².